The van der Waals surface area contributed by atoms with Crippen molar-refractivity contribution < 1.29 is 5.11 Å². The molecule has 84 valence electrons. The van der Waals surface area contributed by atoms with Crippen LogP contribution in [0.1, 0.15) is 31.2 Å². The van der Waals surface area contributed by atoms with Gasteiger partial charge in [0.2, 0.25) is 0 Å². The average Bonchev–Trinajstić information content (AvgIpc) is 2.58. The molecule has 1 saturated heterocycles. The molecule has 1 heterocycles. The summed E-state index contributed by atoms with van der Waals surface area (Å²) in [5, 5.41) is 18.3. The number of anilines is 1. The maximum Gasteiger partial charge on any atom is 0.133 e. The van der Waals surface area contributed by atoms with Gasteiger partial charge in [-0.15, -0.1) is 0 Å². The molecule has 0 spiro atoms. The van der Waals surface area contributed by atoms with Gasteiger partial charge in [-0.1, -0.05) is 12.8 Å². The minimum Gasteiger partial charge on any atom is -0.507 e. The largest absolute Gasteiger partial charge is 0.507 e. The van der Waals surface area contributed by atoms with Crippen LogP contribution in [0.15, 0.2) is 18.2 Å². The Morgan fingerprint density at radius 1 is 1.12 bits per heavy atom. The monoisotopic (exact) mass is 216 g/mol. The van der Waals surface area contributed by atoms with Crippen molar-refractivity contribution in [1.82, 2.24) is 0 Å². The van der Waals surface area contributed by atoms with Gasteiger partial charge in [-0.25, -0.2) is 0 Å². The second-order valence-corrected chi connectivity index (χ2v) is 4.21. The molecule has 0 aromatic heterocycles. The fraction of sp³-hybridized carbons (Fsp3) is 0.462. The van der Waals surface area contributed by atoms with E-state index in [0.717, 1.165) is 18.8 Å². The predicted molar refractivity (Wildman–Crippen MR) is 63.5 cm³/mol. The van der Waals surface area contributed by atoms with E-state index in [9.17, 15) is 5.11 Å². The number of benzene rings is 1. The normalized spacial score (nSPS) is 16.6. The summed E-state index contributed by atoms with van der Waals surface area (Å²) in [5.41, 5.74) is 1.41. The summed E-state index contributed by atoms with van der Waals surface area (Å²) >= 11 is 0. The molecule has 1 aliphatic rings. The fourth-order valence-electron chi connectivity index (χ4n) is 2.14. The average molecular weight is 216 g/mol. The van der Waals surface area contributed by atoms with E-state index in [1.807, 2.05) is 12.1 Å². The lowest BCUT2D eigenvalue weighted by molar-refractivity contribution is 0.473. The Labute approximate surface area is 95.9 Å². The van der Waals surface area contributed by atoms with Crippen molar-refractivity contribution in [3.05, 3.63) is 23.8 Å². The van der Waals surface area contributed by atoms with E-state index >= 15 is 0 Å². The maximum atomic E-state index is 9.45. The molecular formula is C13H16N2O. The Balaban J connectivity index is 2.22. The fourth-order valence-corrected chi connectivity index (χ4v) is 2.14. The first-order valence-corrected chi connectivity index (χ1v) is 5.79. The van der Waals surface area contributed by atoms with E-state index in [0.29, 0.717) is 5.56 Å². The van der Waals surface area contributed by atoms with Gasteiger partial charge in [0.05, 0.1) is 5.56 Å². The number of nitriles is 1. The first-order valence-electron chi connectivity index (χ1n) is 5.79. The molecule has 16 heavy (non-hydrogen) atoms. The molecule has 2 rings (SSSR count). The molecule has 0 saturated carbocycles. The third kappa shape index (κ3) is 2.27. The van der Waals surface area contributed by atoms with Crippen molar-refractivity contribution in [2.24, 2.45) is 0 Å². The van der Waals surface area contributed by atoms with Crippen LogP contribution in [0.4, 0.5) is 5.69 Å². The molecule has 1 aliphatic heterocycles. The van der Waals surface area contributed by atoms with Gasteiger partial charge in [0.25, 0.3) is 0 Å². The zero-order valence-corrected chi connectivity index (χ0v) is 9.32. The number of nitrogens with zero attached hydrogens (tertiary/aromatic N) is 2. The van der Waals surface area contributed by atoms with Crippen LogP contribution >= 0.6 is 0 Å². The molecule has 0 bridgehead atoms. The summed E-state index contributed by atoms with van der Waals surface area (Å²) in [6.07, 6.45) is 5.00. The lowest BCUT2D eigenvalue weighted by atomic mass is 10.1. The quantitative estimate of drug-likeness (QED) is 0.785. The number of phenolic OH excluding ortho intramolecular Hbond substituents is 1. The molecule has 0 atom stereocenters. The van der Waals surface area contributed by atoms with Crippen LogP contribution in [0, 0.1) is 11.3 Å². The molecule has 0 amide bonds. The van der Waals surface area contributed by atoms with Gasteiger partial charge in [0.1, 0.15) is 11.8 Å². The van der Waals surface area contributed by atoms with Gasteiger partial charge >= 0.3 is 0 Å². The first kappa shape index (κ1) is 10.8. The van der Waals surface area contributed by atoms with Gasteiger partial charge in [0.15, 0.2) is 0 Å². The number of rotatable bonds is 1. The molecule has 1 aromatic rings. The molecule has 0 aliphatic carbocycles. The number of hydrogen-bond acceptors (Lipinski definition) is 3. The third-order valence-electron chi connectivity index (χ3n) is 3.07. The Hall–Kier alpha value is -1.69. The molecule has 3 heteroatoms. The highest BCUT2D eigenvalue weighted by Gasteiger charge is 2.11. The van der Waals surface area contributed by atoms with Crippen LogP contribution < -0.4 is 4.90 Å². The van der Waals surface area contributed by atoms with E-state index in [4.69, 9.17) is 5.26 Å². The zero-order valence-electron chi connectivity index (χ0n) is 9.32. The van der Waals surface area contributed by atoms with Gasteiger partial charge in [-0.05, 0) is 31.0 Å². The highest BCUT2D eigenvalue weighted by atomic mass is 16.3. The second-order valence-electron chi connectivity index (χ2n) is 4.21. The maximum absolute atomic E-state index is 9.45. The van der Waals surface area contributed by atoms with Crippen molar-refractivity contribution in [2.45, 2.75) is 25.7 Å². The van der Waals surface area contributed by atoms with E-state index in [-0.39, 0.29) is 5.75 Å². The van der Waals surface area contributed by atoms with E-state index < -0.39 is 0 Å². The SMILES string of the molecule is N#Cc1cc(N2CCCCCC2)ccc1O. The van der Waals surface area contributed by atoms with Gasteiger partial charge in [-0.2, -0.15) is 5.26 Å². The number of hydrogen-bond donors (Lipinski definition) is 1. The van der Waals surface area contributed by atoms with Crippen LogP contribution in [-0.4, -0.2) is 18.2 Å². The standard InChI is InChI=1S/C13H16N2O/c14-10-11-9-12(5-6-13(11)16)15-7-3-1-2-4-8-15/h5-6,9,16H,1-4,7-8H2. The van der Waals surface area contributed by atoms with Crippen LogP contribution in [0.5, 0.6) is 5.75 Å². The van der Waals surface area contributed by atoms with E-state index in [1.54, 1.807) is 12.1 Å². The Morgan fingerprint density at radius 2 is 1.81 bits per heavy atom. The predicted octanol–water partition coefficient (Wildman–Crippen LogP) is 2.64. The Morgan fingerprint density at radius 3 is 2.44 bits per heavy atom. The molecule has 1 fully saturated rings. The van der Waals surface area contributed by atoms with E-state index in [2.05, 4.69) is 4.90 Å². The summed E-state index contributed by atoms with van der Waals surface area (Å²) in [4.78, 5) is 2.30. The number of phenols is 1. The van der Waals surface area contributed by atoms with Crippen LogP contribution in [0.25, 0.3) is 0 Å². The van der Waals surface area contributed by atoms with Gasteiger partial charge in [-0.3, -0.25) is 0 Å². The first-order chi connectivity index (χ1) is 7.81. The van der Waals surface area contributed by atoms with Gasteiger partial charge in [0, 0.05) is 18.8 Å². The number of aromatic hydroxyl groups is 1. The summed E-state index contributed by atoms with van der Waals surface area (Å²) in [7, 11) is 0. The minimum atomic E-state index is 0.0704. The Bertz CT molecular complexity index is 401. The molecule has 3 nitrogen and oxygen atoms in total. The molecule has 1 aromatic carbocycles. The molecule has 0 unspecified atom stereocenters. The topological polar surface area (TPSA) is 47.3 Å². The minimum absolute atomic E-state index is 0.0704. The second kappa shape index (κ2) is 4.89. The summed E-state index contributed by atoms with van der Waals surface area (Å²) in [6, 6.07) is 7.29. The van der Waals surface area contributed by atoms with Crippen molar-refractivity contribution in [1.29, 1.82) is 5.26 Å². The van der Waals surface area contributed by atoms with Crippen molar-refractivity contribution in [2.75, 3.05) is 18.0 Å². The van der Waals surface area contributed by atoms with Crippen LogP contribution in [0.3, 0.4) is 0 Å². The zero-order chi connectivity index (χ0) is 11.4. The Kier molecular flexibility index (Phi) is 3.31. The molecular weight excluding hydrogens is 200 g/mol. The highest BCUT2D eigenvalue weighted by Crippen LogP contribution is 2.25. The molecule has 0 radical (unpaired) electrons. The van der Waals surface area contributed by atoms with Gasteiger partial charge < -0.3 is 10.0 Å². The smallest absolute Gasteiger partial charge is 0.133 e. The van der Waals surface area contributed by atoms with Crippen molar-refractivity contribution >= 4 is 5.69 Å². The van der Waals surface area contributed by atoms with Crippen LogP contribution in [-0.2, 0) is 0 Å². The summed E-state index contributed by atoms with van der Waals surface area (Å²) in [5.74, 6) is 0.0704. The van der Waals surface area contributed by atoms with Crippen molar-refractivity contribution in [3.63, 3.8) is 0 Å². The lowest BCUT2D eigenvalue weighted by Crippen LogP contribution is -2.23. The molecule has 1 N–H and O–H groups in total. The van der Waals surface area contributed by atoms with Crippen molar-refractivity contribution in [3.8, 4) is 11.8 Å². The van der Waals surface area contributed by atoms with Crippen LogP contribution in [0.2, 0.25) is 0 Å². The summed E-state index contributed by atoms with van der Waals surface area (Å²) < 4.78 is 0. The highest BCUT2D eigenvalue weighted by molar-refractivity contribution is 5.56. The van der Waals surface area contributed by atoms with E-state index in [1.165, 1.54) is 25.7 Å². The lowest BCUT2D eigenvalue weighted by Gasteiger charge is -2.22. The summed E-state index contributed by atoms with van der Waals surface area (Å²) in [6.45, 7) is 2.10. The third-order valence-corrected chi connectivity index (χ3v) is 3.07.